The first kappa shape index (κ1) is 11.9. The highest BCUT2D eigenvalue weighted by Gasteiger charge is 2.14. The number of rotatable bonds is 3. The van der Waals surface area contributed by atoms with Crippen LogP contribution < -0.4 is 0 Å². The Morgan fingerprint density at radius 1 is 0.889 bits per heavy atom. The van der Waals surface area contributed by atoms with Crippen molar-refractivity contribution in [1.82, 2.24) is 0 Å². The summed E-state index contributed by atoms with van der Waals surface area (Å²) in [6.45, 7) is 0. The number of carbonyl (C=O) groups is 2. The monoisotopic (exact) mass is 242 g/mol. The quantitative estimate of drug-likeness (QED) is 0.810. The molecule has 90 valence electrons. The average molecular weight is 242 g/mol. The second-order valence-electron chi connectivity index (χ2n) is 3.75. The number of aldehydes is 2. The summed E-state index contributed by atoms with van der Waals surface area (Å²) >= 11 is 0. The van der Waals surface area contributed by atoms with Crippen molar-refractivity contribution in [2.75, 3.05) is 0 Å². The lowest BCUT2D eigenvalue weighted by Gasteiger charge is -2.10. The van der Waals surface area contributed by atoms with Gasteiger partial charge in [0, 0.05) is 16.7 Å². The van der Waals surface area contributed by atoms with E-state index < -0.39 is 0 Å². The van der Waals surface area contributed by atoms with Crippen molar-refractivity contribution in [1.29, 1.82) is 0 Å². The second kappa shape index (κ2) is 4.71. The zero-order valence-corrected chi connectivity index (χ0v) is 9.33. The van der Waals surface area contributed by atoms with E-state index in [4.69, 9.17) is 0 Å². The van der Waals surface area contributed by atoms with Gasteiger partial charge in [0.15, 0.2) is 6.29 Å². The van der Waals surface area contributed by atoms with E-state index in [0.29, 0.717) is 23.7 Å². The molecule has 0 heterocycles. The van der Waals surface area contributed by atoms with E-state index in [-0.39, 0.29) is 22.6 Å². The first-order chi connectivity index (χ1) is 8.67. The Morgan fingerprint density at radius 3 is 2.11 bits per heavy atom. The maximum absolute atomic E-state index is 11.0. The fraction of sp³-hybridized carbons (Fsp3) is 0. The summed E-state index contributed by atoms with van der Waals surface area (Å²) in [6.07, 6.45) is 1.24. The number of benzene rings is 2. The standard InChI is InChI=1S/C14H10O4/c15-7-9-4-5-10(8-16)11(6-9)14-12(17)2-1-3-13(14)18/h1-8,17-18H. The van der Waals surface area contributed by atoms with E-state index in [1.54, 1.807) is 0 Å². The SMILES string of the molecule is O=Cc1ccc(C=O)c(-c2c(O)cccc2O)c1. The predicted octanol–water partition coefficient (Wildman–Crippen LogP) is 2.39. The number of phenols is 2. The molecular weight excluding hydrogens is 232 g/mol. The molecule has 2 aromatic carbocycles. The van der Waals surface area contributed by atoms with Crippen molar-refractivity contribution in [3.63, 3.8) is 0 Å². The highest BCUT2D eigenvalue weighted by atomic mass is 16.3. The van der Waals surface area contributed by atoms with Gasteiger partial charge in [-0.05, 0) is 18.2 Å². The van der Waals surface area contributed by atoms with Crippen LogP contribution in [-0.2, 0) is 0 Å². The predicted molar refractivity (Wildman–Crippen MR) is 66.0 cm³/mol. The number of hydrogen-bond donors (Lipinski definition) is 2. The maximum Gasteiger partial charge on any atom is 0.150 e. The molecule has 0 fully saturated rings. The number of carbonyl (C=O) groups excluding carboxylic acids is 2. The first-order valence-electron chi connectivity index (χ1n) is 5.23. The zero-order chi connectivity index (χ0) is 13.1. The van der Waals surface area contributed by atoms with Crippen LogP contribution in [0, 0.1) is 0 Å². The molecule has 0 saturated carbocycles. The Kier molecular flexibility index (Phi) is 3.10. The highest BCUT2D eigenvalue weighted by Crippen LogP contribution is 2.38. The van der Waals surface area contributed by atoms with E-state index >= 15 is 0 Å². The lowest BCUT2D eigenvalue weighted by atomic mass is 9.96. The average Bonchev–Trinajstić information content (AvgIpc) is 2.38. The Labute approximate surface area is 103 Å². The largest absolute Gasteiger partial charge is 0.507 e. The van der Waals surface area contributed by atoms with Gasteiger partial charge in [0.05, 0.1) is 5.56 Å². The fourth-order valence-electron chi connectivity index (χ4n) is 1.77. The smallest absolute Gasteiger partial charge is 0.150 e. The Hall–Kier alpha value is -2.62. The summed E-state index contributed by atoms with van der Waals surface area (Å²) in [5.41, 5.74) is 1.11. The minimum absolute atomic E-state index is 0.142. The summed E-state index contributed by atoms with van der Waals surface area (Å²) in [5.74, 6) is -0.303. The van der Waals surface area contributed by atoms with Crippen molar-refractivity contribution >= 4 is 12.6 Å². The minimum atomic E-state index is -0.152. The van der Waals surface area contributed by atoms with Crippen LogP contribution >= 0.6 is 0 Å². The van der Waals surface area contributed by atoms with E-state index in [2.05, 4.69) is 0 Å². The van der Waals surface area contributed by atoms with Crippen LogP contribution in [0.5, 0.6) is 11.5 Å². The molecule has 0 aliphatic heterocycles. The molecule has 4 nitrogen and oxygen atoms in total. The summed E-state index contributed by atoms with van der Waals surface area (Å²) in [6, 6.07) is 8.70. The van der Waals surface area contributed by atoms with E-state index in [9.17, 15) is 19.8 Å². The molecule has 0 spiro atoms. The molecular formula is C14H10O4. The summed E-state index contributed by atoms with van der Waals surface area (Å²) < 4.78 is 0. The molecule has 0 aromatic heterocycles. The lowest BCUT2D eigenvalue weighted by Crippen LogP contribution is -1.91. The molecule has 2 N–H and O–H groups in total. The van der Waals surface area contributed by atoms with E-state index in [1.165, 1.54) is 36.4 Å². The molecule has 0 unspecified atom stereocenters. The zero-order valence-electron chi connectivity index (χ0n) is 9.33. The van der Waals surface area contributed by atoms with Crippen molar-refractivity contribution < 1.29 is 19.8 Å². The van der Waals surface area contributed by atoms with E-state index in [1.807, 2.05) is 0 Å². The van der Waals surface area contributed by atoms with Crippen LogP contribution in [0.3, 0.4) is 0 Å². The molecule has 4 heteroatoms. The van der Waals surface area contributed by atoms with Crippen LogP contribution in [0.4, 0.5) is 0 Å². The van der Waals surface area contributed by atoms with Gasteiger partial charge in [-0.25, -0.2) is 0 Å². The van der Waals surface area contributed by atoms with Gasteiger partial charge in [-0.15, -0.1) is 0 Å². The van der Waals surface area contributed by atoms with Gasteiger partial charge < -0.3 is 10.2 Å². The molecule has 2 aromatic rings. The van der Waals surface area contributed by atoms with Gasteiger partial charge in [0.1, 0.15) is 17.8 Å². The van der Waals surface area contributed by atoms with Gasteiger partial charge in [0.25, 0.3) is 0 Å². The normalized spacial score (nSPS) is 10.0. The third-order valence-electron chi connectivity index (χ3n) is 2.63. The van der Waals surface area contributed by atoms with Crippen molar-refractivity contribution in [2.45, 2.75) is 0 Å². The van der Waals surface area contributed by atoms with Gasteiger partial charge in [-0.1, -0.05) is 18.2 Å². The van der Waals surface area contributed by atoms with Crippen molar-refractivity contribution in [3.05, 3.63) is 47.5 Å². The molecule has 0 atom stereocenters. The minimum Gasteiger partial charge on any atom is -0.507 e. The van der Waals surface area contributed by atoms with Crippen LogP contribution in [0.15, 0.2) is 36.4 Å². The third kappa shape index (κ3) is 1.96. The molecule has 18 heavy (non-hydrogen) atoms. The lowest BCUT2D eigenvalue weighted by molar-refractivity contribution is 0.111. The molecule has 0 saturated heterocycles. The fourth-order valence-corrected chi connectivity index (χ4v) is 1.77. The molecule has 0 bridgehead atoms. The van der Waals surface area contributed by atoms with Crippen LogP contribution in [0.25, 0.3) is 11.1 Å². The maximum atomic E-state index is 11.0. The van der Waals surface area contributed by atoms with Gasteiger partial charge >= 0.3 is 0 Å². The van der Waals surface area contributed by atoms with Crippen LogP contribution in [0.2, 0.25) is 0 Å². The number of phenolic OH excluding ortho intramolecular Hbond substituents is 2. The number of hydrogen-bond acceptors (Lipinski definition) is 4. The third-order valence-corrected chi connectivity index (χ3v) is 2.63. The van der Waals surface area contributed by atoms with Crippen molar-refractivity contribution in [2.24, 2.45) is 0 Å². The van der Waals surface area contributed by atoms with Gasteiger partial charge in [-0.2, -0.15) is 0 Å². The molecule has 2 rings (SSSR count). The molecule has 0 aliphatic carbocycles. The molecule has 0 radical (unpaired) electrons. The second-order valence-corrected chi connectivity index (χ2v) is 3.75. The number of aromatic hydroxyl groups is 2. The van der Waals surface area contributed by atoms with E-state index in [0.717, 1.165) is 0 Å². The summed E-state index contributed by atoms with van der Waals surface area (Å²) in [4.78, 5) is 21.7. The van der Waals surface area contributed by atoms with Crippen molar-refractivity contribution in [3.8, 4) is 22.6 Å². The summed E-state index contributed by atoms with van der Waals surface area (Å²) in [5, 5.41) is 19.5. The summed E-state index contributed by atoms with van der Waals surface area (Å²) in [7, 11) is 0. The van der Waals surface area contributed by atoms with Gasteiger partial charge in [-0.3, -0.25) is 9.59 Å². The van der Waals surface area contributed by atoms with Crippen LogP contribution in [0.1, 0.15) is 20.7 Å². The highest BCUT2D eigenvalue weighted by molar-refractivity contribution is 5.93. The molecule has 0 amide bonds. The molecule has 0 aliphatic rings. The first-order valence-corrected chi connectivity index (χ1v) is 5.23. The van der Waals surface area contributed by atoms with Crippen LogP contribution in [-0.4, -0.2) is 22.8 Å². The Bertz CT molecular complexity index is 597. The Balaban J connectivity index is 2.76. The Morgan fingerprint density at radius 2 is 1.56 bits per heavy atom. The van der Waals surface area contributed by atoms with Gasteiger partial charge in [0.2, 0.25) is 0 Å². The topological polar surface area (TPSA) is 74.6 Å².